The van der Waals surface area contributed by atoms with E-state index < -0.39 is 48.7 Å². The number of amides is 1. The number of aromatic nitrogens is 4. The van der Waals surface area contributed by atoms with Gasteiger partial charge in [-0.15, -0.1) is 11.3 Å². The molecule has 53 heavy (non-hydrogen) atoms. The number of thiophene rings is 1. The van der Waals surface area contributed by atoms with Crippen LogP contribution in [-0.4, -0.2) is 84.5 Å². The van der Waals surface area contributed by atoms with Crippen LogP contribution in [0, 0.1) is 0 Å². The number of hydrogen-bond acceptors (Lipinski definition) is 12. The minimum atomic E-state index is -4.59. The third-order valence-corrected chi connectivity index (χ3v) is 10.0. The van der Waals surface area contributed by atoms with Crippen LogP contribution in [0.15, 0.2) is 67.3 Å². The van der Waals surface area contributed by atoms with Gasteiger partial charge in [-0.05, 0) is 43.4 Å². The fourth-order valence-corrected chi connectivity index (χ4v) is 7.33. The molecule has 0 bridgehead atoms. The molecule has 7 N–H and O–H groups in total. The Bertz CT molecular complexity index is 2060. The number of nitrogens with two attached hydrogens (primary N) is 1. The van der Waals surface area contributed by atoms with Gasteiger partial charge in [0.1, 0.15) is 24.6 Å². The zero-order valence-corrected chi connectivity index (χ0v) is 29.1. The second-order valence-corrected chi connectivity index (χ2v) is 13.7. The Labute approximate surface area is 305 Å². The molecule has 0 spiro atoms. The van der Waals surface area contributed by atoms with E-state index in [2.05, 4.69) is 25.6 Å². The number of anilines is 2. The number of unbranched alkanes of at least 4 members (excludes halogenated alkanes) is 2. The number of benzene rings is 2. The standard InChI is InChI=1S/C36H38F3N7O6S/c37-36(38,39)22-11-7-10-21(16-22)26-24(53-32(40)27(26)29(49)20-8-3-1-4-9-20)12-13-25(48)41-14-5-2-6-15-42-33-28-34(44-18-43-33)46(19-45-28)35-31(51)30(50)23(17-47)52-35/h1,3-4,7-11,16,18-19,23,30-31,35,47,50-51H,2,5-6,12-15,17,40H2,(H,41,48)(H,42,43,44)/t23-,30-,31-,35-/m1/s1. The molecule has 1 amide bonds. The second kappa shape index (κ2) is 16.4. The predicted molar refractivity (Wildman–Crippen MR) is 191 cm³/mol. The van der Waals surface area contributed by atoms with Gasteiger partial charge in [0.05, 0.1) is 29.1 Å². The number of aryl methyl sites for hydroxylation is 1. The molecule has 2 aromatic carbocycles. The van der Waals surface area contributed by atoms with Crippen LogP contribution >= 0.6 is 11.3 Å². The molecule has 13 nitrogen and oxygen atoms in total. The van der Waals surface area contributed by atoms with E-state index in [1.54, 1.807) is 30.3 Å². The van der Waals surface area contributed by atoms with Crippen LogP contribution in [0.25, 0.3) is 22.3 Å². The molecule has 1 fully saturated rings. The Hall–Kier alpha value is -4.94. The van der Waals surface area contributed by atoms with E-state index in [1.165, 1.54) is 29.4 Å². The summed E-state index contributed by atoms with van der Waals surface area (Å²) < 4.78 is 48.0. The number of aliphatic hydroxyl groups excluding tert-OH is 3. The van der Waals surface area contributed by atoms with Gasteiger partial charge >= 0.3 is 6.18 Å². The van der Waals surface area contributed by atoms with Crippen molar-refractivity contribution < 1.29 is 42.8 Å². The molecule has 0 radical (unpaired) electrons. The van der Waals surface area contributed by atoms with E-state index in [4.69, 9.17) is 10.5 Å². The van der Waals surface area contributed by atoms with Gasteiger partial charge in [0.2, 0.25) is 5.91 Å². The Morgan fingerprint density at radius 2 is 1.75 bits per heavy atom. The van der Waals surface area contributed by atoms with Crippen molar-refractivity contribution in [2.45, 2.75) is 62.8 Å². The van der Waals surface area contributed by atoms with Crippen molar-refractivity contribution in [1.29, 1.82) is 0 Å². The summed E-state index contributed by atoms with van der Waals surface area (Å²) in [5, 5.41) is 36.2. The van der Waals surface area contributed by atoms with Crippen LogP contribution in [0.3, 0.4) is 0 Å². The van der Waals surface area contributed by atoms with Crippen molar-refractivity contribution in [3.05, 3.63) is 88.8 Å². The van der Waals surface area contributed by atoms with Gasteiger partial charge in [-0.25, -0.2) is 15.0 Å². The van der Waals surface area contributed by atoms with Crippen molar-refractivity contribution in [2.75, 3.05) is 30.7 Å². The van der Waals surface area contributed by atoms with Gasteiger partial charge < -0.3 is 36.4 Å². The summed E-state index contributed by atoms with van der Waals surface area (Å²) in [5.41, 5.74) is 7.27. The molecule has 17 heteroatoms. The summed E-state index contributed by atoms with van der Waals surface area (Å²) in [6, 6.07) is 13.1. The number of alkyl halides is 3. The number of nitrogen functional groups attached to an aromatic ring is 1. The molecule has 0 unspecified atom stereocenters. The molecule has 1 saturated heterocycles. The number of nitrogens with one attached hydrogen (secondary N) is 2. The lowest BCUT2D eigenvalue weighted by molar-refractivity contribution is -0.137. The highest BCUT2D eigenvalue weighted by Crippen LogP contribution is 2.42. The normalized spacial score (nSPS) is 18.8. The topological polar surface area (TPSA) is 198 Å². The summed E-state index contributed by atoms with van der Waals surface area (Å²) >= 11 is 1.10. The summed E-state index contributed by atoms with van der Waals surface area (Å²) in [6.45, 7) is 0.503. The predicted octanol–water partition coefficient (Wildman–Crippen LogP) is 4.33. The van der Waals surface area contributed by atoms with Crippen LogP contribution < -0.4 is 16.4 Å². The number of aliphatic hydroxyl groups is 3. The number of carbonyl (C=O) groups excluding carboxylic acids is 2. The molecule has 5 aromatic rings. The van der Waals surface area contributed by atoms with Crippen molar-refractivity contribution in [2.24, 2.45) is 0 Å². The maximum atomic E-state index is 13.6. The van der Waals surface area contributed by atoms with Crippen molar-refractivity contribution >= 4 is 45.0 Å². The summed E-state index contributed by atoms with van der Waals surface area (Å²) in [5.74, 6) is -0.178. The molecular formula is C36H38F3N7O6S. The molecule has 4 heterocycles. The lowest BCUT2D eigenvalue weighted by Gasteiger charge is -2.16. The maximum Gasteiger partial charge on any atom is 0.416 e. The lowest BCUT2D eigenvalue weighted by atomic mass is 9.93. The summed E-state index contributed by atoms with van der Waals surface area (Å²) in [7, 11) is 0. The molecule has 6 rings (SSSR count). The number of nitrogens with zero attached hydrogens (tertiary/aromatic N) is 4. The molecule has 4 atom stereocenters. The Morgan fingerprint density at radius 3 is 2.49 bits per heavy atom. The first-order valence-corrected chi connectivity index (χ1v) is 17.8. The van der Waals surface area contributed by atoms with Crippen LogP contribution in [0.5, 0.6) is 0 Å². The summed E-state index contributed by atoms with van der Waals surface area (Å²) in [4.78, 5) is 39.8. The fraction of sp³-hybridized carbons (Fsp3) is 0.361. The Kier molecular flexibility index (Phi) is 11.7. The fourth-order valence-electron chi connectivity index (χ4n) is 6.24. The largest absolute Gasteiger partial charge is 0.416 e. The first-order valence-electron chi connectivity index (χ1n) is 17.0. The van der Waals surface area contributed by atoms with E-state index in [-0.39, 0.29) is 34.9 Å². The van der Waals surface area contributed by atoms with E-state index in [1.807, 2.05) is 0 Å². The Morgan fingerprint density at radius 1 is 0.981 bits per heavy atom. The summed E-state index contributed by atoms with van der Waals surface area (Å²) in [6.07, 6.45) is -3.86. The highest BCUT2D eigenvalue weighted by Gasteiger charge is 2.44. The van der Waals surface area contributed by atoms with Gasteiger partial charge in [0, 0.05) is 35.5 Å². The average Bonchev–Trinajstić information content (AvgIpc) is 3.82. The zero-order valence-electron chi connectivity index (χ0n) is 28.3. The number of rotatable bonds is 15. The third-order valence-electron chi connectivity index (χ3n) is 8.95. The quantitative estimate of drug-likeness (QED) is 0.0658. The number of ketones is 1. The van der Waals surface area contributed by atoms with Gasteiger partial charge in [-0.1, -0.05) is 42.5 Å². The number of hydrogen-bond donors (Lipinski definition) is 6. The molecule has 3 aromatic heterocycles. The van der Waals surface area contributed by atoms with Gasteiger partial charge in [-0.2, -0.15) is 13.2 Å². The van der Waals surface area contributed by atoms with E-state index in [0.29, 0.717) is 52.5 Å². The van der Waals surface area contributed by atoms with Gasteiger partial charge in [-0.3, -0.25) is 14.2 Å². The smallest absolute Gasteiger partial charge is 0.394 e. The molecular weight excluding hydrogens is 716 g/mol. The number of ether oxygens (including phenoxy) is 1. The average molecular weight is 754 g/mol. The van der Waals surface area contributed by atoms with E-state index in [0.717, 1.165) is 36.3 Å². The zero-order chi connectivity index (χ0) is 37.7. The van der Waals surface area contributed by atoms with Gasteiger partial charge in [0.25, 0.3) is 0 Å². The molecule has 1 aliphatic rings. The van der Waals surface area contributed by atoms with Crippen LogP contribution in [0.2, 0.25) is 0 Å². The van der Waals surface area contributed by atoms with Crippen LogP contribution in [-0.2, 0) is 22.1 Å². The van der Waals surface area contributed by atoms with Gasteiger partial charge in [0.15, 0.2) is 29.0 Å². The highest BCUT2D eigenvalue weighted by molar-refractivity contribution is 7.17. The third kappa shape index (κ3) is 8.34. The van der Waals surface area contributed by atoms with Crippen molar-refractivity contribution in [1.82, 2.24) is 24.8 Å². The molecule has 0 aliphatic carbocycles. The number of imidazole rings is 1. The maximum absolute atomic E-state index is 13.6. The van der Waals surface area contributed by atoms with Crippen LogP contribution in [0.4, 0.5) is 24.0 Å². The SMILES string of the molecule is Nc1sc(CCC(=O)NCCCCCNc2ncnc3c2ncn3[C@@H]2O[C@H](CO)[C@@H](O)[C@H]2O)c(-c2cccc(C(F)(F)F)c2)c1C(=O)c1ccccc1. The van der Waals surface area contributed by atoms with Crippen LogP contribution in [0.1, 0.15) is 58.3 Å². The minimum Gasteiger partial charge on any atom is -0.394 e. The second-order valence-electron chi connectivity index (χ2n) is 12.5. The number of fused-ring (bicyclic) bond motifs is 1. The first kappa shape index (κ1) is 37.8. The van der Waals surface area contributed by atoms with E-state index >= 15 is 0 Å². The van der Waals surface area contributed by atoms with Crippen molar-refractivity contribution in [3.8, 4) is 11.1 Å². The molecule has 280 valence electrons. The number of carbonyl (C=O) groups is 2. The number of halogens is 3. The highest BCUT2D eigenvalue weighted by atomic mass is 32.1. The van der Waals surface area contributed by atoms with E-state index in [9.17, 15) is 38.1 Å². The Balaban J connectivity index is 1.01. The van der Waals surface area contributed by atoms with Crippen molar-refractivity contribution in [3.63, 3.8) is 0 Å². The monoisotopic (exact) mass is 753 g/mol. The molecule has 0 saturated carbocycles. The lowest BCUT2D eigenvalue weighted by Crippen LogP contribution is -2.33. The molecule has 1 aliphatic heterocycles. The first-order chi connectivity index (χ1) is 25.5. The minimum absolute atomic E-state index is 0.0470.